The summed E-state index contributed by atoms with van der Waals surface area (Å²) in [6.45, 7) is 13.3. The molecule has 3 rings (SSSR count). The van der Waals surface area contributed by atoms with Gasteiger partial charge in [0, 0.05) is 6.54 Å². The van der Waals surface area contributed by atoms with Crippen LogP contribution in [0.25, 0.3) is 0 Å². The van der Waals surface area contributed by atoms with Crippen molar-refractivity contribution in [3.63, 3.8) is 0 Å². The van der Waals surface area contributed by atoms with Crippen LogP contribution in [-0.2, 0) is 15.8 Å². The van der Waals surface area contributed by atoms with Gasteiger partial charge in [-0.1, -0.05) is 65.0 Å². The first-order valence-corrected chi connectivity index (χ1v) is 13.2. The minimum Gasteiger partial charge on any atom is -0.445 e. The highest BCUT2D eigenvalue weighted by Gasteiger charge is 2.54. The second-order valence-electron chi connectivity index (χ2n) is 9.79. The number of likely N-dealkylation sites (tertiary alicyclic amines) is 1. The summed E-state index contributed by atoms with van der Waals surface area (Å²) in [5.74, 6) is 0. The first-order chi connectivity index (χ1) is 13.2. The molecule has 0 unspecified atom stereocenters. The van der Waals surface area contributed by atoms with E-state index >= 15 is 0 Å². The Labute approximate surface area is 171 Å². The van der Waals surface area contributed by atoms with Crippen LogP contribution in [0.4, 0.5) is 4.79 Å². The third-order valence-electron chi connectivity index (χ3n) is 7.07. The van der Waals surface area contributed by atoms with Gasteiger partial charge in [0.15, 0.2) is 8.32 Å². The summed E-state index contributed by atoms with van der Waals surface area (Å²) in [5, 5.41) is 0.199. The van der Waals surface area contributed by atoms with Crippen LogP contribution < -0.4 is 0 Å². The molecule has 1 heterocycles. The highest BCUT2D eigenvalue weighted by atomic mass is 28.4. The molecule has 1 saturated heterocycles. The zero-order valence-corrected chi connectivity index (χ0v) is 19.3. The third kappa shape index (κ3) is 4.46. The lowest BCUT2D eigenvalue weighted by Gasteiger charge is -2.42. The molecule has 1 atom stereocenters. The van der Waals surface area contributed by atoms with E-state index in [1.165, 1.54) is 12.8 Å². The van der Waals surface area contributed by atoms with E-state index in [-0.39, 0.29) is 17.2 Å². The number of amides is 1. The average Bonchev–Trinajstić information content (AvgIpc) is 3.32. The van der Waals surface area contributed by atoms with Gasteiger partial charge in [-0.2, -0.15) is 0 Å². The van der Waals surface area contributed by atoms with E-state index in [1.807, 2.05) is 35.2 Å². The molecule has 1 aliphatic heterocycles. The molecule has 1 amide bonds. The van der Waals surface area contributed by atoms with Crippen LogP contribution in [0, 0.1) is 5.41 Å². The second-order valence-corrected chi connectivity index (χ2v) is 15.0. The molecule has 4 nitrogen and oxygen atoms in total. The van der Waals surface area contributed by atoms with E-state index in [9.17, 15) is 4.79 Å². The number of hydrogen-bond acceptors (Lipinski definition) is 3. The maximum absolute atomic E-state index is 12.9. The number of benzene rings is 1. The van der Waals surface area contributed by atoms with E-state index in [0.717, 1.165) is 30.6 Å². The fourth-order valence-electron chi connectivity index (χ4n) is 4.86. The lowest BCUT2D eigenvalue weighted by Crippen LogP contribution is -2.49. The number of rotatable bonds is 7. The Morgan fingerprint density at radius 2 is 1.82 bits per heavy atom. The van der Waals surface area contributed by atoms with Gasteiger partial charge < -0.3 is 14.1 Å². The van der Waals surface area contributed by atoms with Crippen molar-refractivity contribution >= 4 is 14.4 Å². The molecule has 0 radical (unpaired) electrons. The topological polar surface area (TPSA) is 38.8 Å². The second kappa shape index (κ2) is 8.19. The van der Waals surface area contributed by atoms with E-state index in [1.54, 1.807) is 0 Å². The predicted octanol–water partition coefficient (Wildman–Crippen LogP) is 5.98. The number of ether oxygens (including phenoxy) is 1. The number of nitrogens with zero attached hydrogens (tertiary/aromatic N) is 1. The largest absolute Gasteiger partial charge is 0.445 e. The Bertz CT molecular complexity index is 662. The molecule has 2 aliphatic rings. The molecule has 1 aromatic rings. The van der Waals surface area contributed by atoms with Crippen molar-refractivity contribution in [2.45, 2.75) is 83.7 Å². The summed E-state index contributed by atoms with van der Waals surface area (Å²) in [4.78, 5) is 14.8. The van der Waals surface area contributed by atoms with E-state index in [2.05, 4.69) is 34.6 Å². The molecule has 2 fully saturated rings. The molecular formula is C23H37NO3Si. The minimum absolute atomic E-state index is 0.151. The quantitative estimate of drug-likeness (QED) is 0.526. The van der Waals surface area contributed by atoms with Gasteiger partial charge in [-0.3, -0.25) is 0 Å². The summed E-state index contributed by atoms with van der Waals surface area (Å²) >= 11 is 0. The normalized spacial score (nSPS) is 21.2. The van der Waals surface area contributed by atoms with Gasteiger partial charge in [0.1, 0.15) is 6.61 Å². The molecule has 0 N–H and O–H groups in total. The van der Waals surface area contributed by atoms with Crippen molar-refractivity contribution in [1.82, 2.24) is 4.90 Å². The maximum Gasteiger partial charge on any atom is 0.410 e. The van der Waals surface area contributed by atoms with Crippen LogP contribution in [0.5, 0.6) is 0 Å². The Morgan fingerprint density at radius 3 is 2.36 bits per heavy atom. The van der Waals surface area contributed by atoms with Gasteiger partial charge in [0.05, 0.1) is 12.6 Å². The summed E-state index contributed by atoms with van der Waals surface area (Å²) in [5.41, 5.74) is 1.37. The Hall–Kier alpha value is -1.33. The van der Waals surface area contributed by atoms with Crippen molar-refractivity contribution in [2.24, 2.45) is 5.41 Å². The van der Waals surface area contributed by atoms with Gasteiger partial charge in [0.25, 0.3) is 0 Å². The van der Waals surface area contributed by atoms with Crippen LogP contribution in [0.1, 0.15) is 59.4 Å². The van der Waals surface area contributed by atoms with Gasteiger partial charge >= 0.3 is 6.09 Å². The summed E-state index contributed by atoms with van der Waals surface area (Å²) in [6, 6.07) is 12.3. The summed E-state index contributed by atoms with van der Waals surface area (Å²) < 4.78 is 12.4. The number of carbonyl (C=O) groups is 1. The predicted molar refractivity (Wildman–Crippen MR) is 116 cm³/mol. The SMILES string of the molecule is CC[Si](CC)(OC[C@@H]1CC2(CC2)CN1C(=O)OCc1ccccc1)C(C)(C)C. The van der Waals surface area contributed by atoms with Gasteiger partial charge in [-0.25, -0.2) is 4.79 Å². The molecule has 28 heavy (non-hydrogen) atoms. The smallest absolute Gasteiger partial charge is 0.410 e. The van der Waals surface area contributed by atoms with Crippen LogP contribution in [0.15, 0.2) is 30.3 Å². The van der Waals surface area contributed by atoms with Crippen molar-refractivity contribution in [3.8, 4) is 0 Å². The van der Waals surface area contributed by atoms with Crippen LogP contribution in [0.3, 0.4) is 0 Å². The van der Waals surface area contributed by atoms with Gasteiger partial charge in [-0.15, -0.1) is 0 Å². The maximum atomic E-state index is 12.9. The van der Waals surface area contributed by atoms with Crippen molar-refractivity contribution in [3.05, 3.63) is 35.9 Å². The molecule has 1 aliphatic carbocycles. The molecule has 0 bridgehead atoms. The van der Waals surface area contributed by atoms with Gasteiger partial charge in [-0.05, 0) is 47.4 Å². The average molecular weight is 404 g/mol. The minimum atomic E-state index is -1.85. The Morgan fingerprint density at radius 1 is 1.18 bits per heavy atom. The van der Waals surface area contributed by atoms with E-state index in [0.29, 0.717) is 18.6 Å². The van der Waals surface area contributed by atoms with Crippen LogP contribution in [0.2, 0.25) is 17.1 Å². The van der Waals surface area contributed by atoms with Crippen LogP contribution >= 0.6 is 0 Å². The molecule has 1 aromatic carbocycles. The monoisotopic (exact) mass is 403 g/mol. The lowest BCUT2D eigenvalue weighted by molar-refractivity contribution is 0.0797. The molecule has 1 saturated carbocycles. The van der Waals surface area contributed by atoms with E-state index in [4.69, 9.17) is 9.16 Å². The van der Waals surface area contributed by atoms with Crippen molar-refractivity contribution in [2.75, 3.05) is 13.2 Å². The lowest BCUT2D eigenvalue weighted by atomic mass is 10.0. The molecule has 0 aromatic heterocycles. The zero-order chi connectivity index (χ0) is 20.4. The standard InChI is InChI=1S/C23H37NO3Si/c1-6-28(7-2,22(3,4)5)27-17-20-15-23(13-14-23)18-24(20)21(25)26-16-19-11-9-8-10-12-19/h8-12,20H,6-7,13-18H2,1-5H3/t20-/m0/s1. The highest BCUT2D eigenvalue weighted by Crippen LogP contribution is 2.55. The van der Waals surface area contributed by atoms with E-state index < -0.39 is 8.32 Å². The van der Waals surface area contributed by atoms with Crippen LogP contribution in [-0.4, -0.2) is 38.5 Å². The van der Waals surface area contributed by atoms with Gasteiger partial charge in [0.2, 0.25) is 0 Å². The molecule has 5 heteroatoms. The molecular weight excluding hydrogens is 366 g/mol. The third-order valence-corrected chi connectivity index (χ3v) is 12.8. The Kier molecular flexibility index (Phi) is 6.25. The molecule has 1 spiro atoms. The molecule has 156 valence electrons. The zero-order valence-electron chi connectivity index (χ0n) is 18.3. The summed E-state index contributed by atoms with van der Waals surface area (Å²) in [7, 11) is -1.85. The van der Waals surface area contributed by atoms with Crippen molar-refractivity contribution < 1.29 is 14.0 Å². The number of hydrogen-bond donors (Lipinski definition) is 0. The summed E-state index contributed by atoms with van der Waals surface area (Å²) in [6.07, 6.45) is 3.34. The first-order valence-electron chi connectivity index (χ1n) is 10.9. The fraction of sp³-hybridized carbons (Fsp3) is 0.696. The fourth-order valence-corrected chi connectivity index (χ4v) is 8.83. The Balaban J connectivity index is 1.64. The number of carbonyl (C=O) groups excluding carboxylic acids is 1. The highest BCUT2D eigenvalue weighted by molar-refractivity contribution is 6.76. The van der Waals surface area contributed by atoms with Crippen molar-refractivity contribution in [1.29, 1.82) is 0 Å². The first kappa shape index (κ1) is 21.4.